The lowest BCUT2D eigenvalue weighted by atomic mass is 10.0. The van der Waals surface area contributed by atoms with E-state index in [2.05, 4.69) is 15.6 Å². The van der Waals surface area contributed by atoms with E-state index in [1.54, 1.807) is 7.05 Å². The third-order valence-electron chi connectivity index (χ3n) is 8.12. The van der Waals surface area contributed by atoms with Crippen molar-refractivity contribution in [2.75, 3.05) is 31.2 Å². The van der Waals surface area contributed by atoms with Crippen molar-refractivity contribution in [2.24, 2.45) is 0 Å². The van der Waals surface area contributed by atoms with Gasteiger partial charge in [0.1, 0.15) is 5.01 Å². The van der Waals surface area contributed by atoms with Crippen LogP contribution in [0.1, 0.15) is 54.1 Å². The van der Waals surface area contributed by atoms with E-state index < -0.39 is 22.0 Å². The number of carbonyl (C=O) groups excluding carboxylic acids is 2. The highest BCUT2D eigenvalue weighted by Crippen LogP contribution is 2.31. The number of aliphatic hydroxyl groups excluding tert-OH is 1. The standard InChI is InChI=1S/C34H39N5O5S2/c1-22-21-45-31(36-22)20-38(2)34(42)26-15-25(16-28(17-26)39(3)46(4,43)44)33(41)37-27(14-23-10-6-5-7-11-23)19-35-32-29-13-9-8-12-24(29)18-30(32)40/h5-13,15-17,21,27,30,32,35,40H,14,18-20H2,1-4H3,(H,37,41)/t27-,30-,32+/m0/s1. The van der Waals surface area contributed by atoms with Crippen LogP contribution in [0.2, 0.25) is 0 Å². The lowest BCUT2D eigenvalue weighted by Crippen LogP contribution is -2.45. The average molecular weight is 662 g/mol. The molecule has 4 aromatic rings. The second-order valence-corrected chi connectivity index (χ2v) is 14.7. The number of rotatable bonds is 12. The summed E-state index contributed by atoms with van der Waals surface area (Å²) in [7, 11) is -0.657. The van der Waals surface area contributed by atoms with Crippen LogP contribution in [-0.2, 0) is 29.4 Å². The molecule has 0 aliphatic heterocycles. The lowest BCUT2D eigenvalue weighted by Gasteiger charge is -2.25. The number of anilines is 1. The Morgan fingerprint density at radius 2 is 1.74 bits per heavy atom. The number of hydrogen-bond acceptors (Lipinski definition) is 8. The maximum Gasteiger partial charge on any atom is 0.254 e. The summed E-state index contributed by atoms with van der Waals surface area (Å²) in [5, 5.41) is 20.0. The fourth-order valence-electron chi connectivity index (χ4n) is 5.64. The second-order valence-electron chi connectivity index (χ2n) is 11.8. The van der Waals surface area contributed by atoms with E-state index in [1.165, 1.54) is 41.5 Å². The molecule has 5 rings (SSSR count). The van der Waals surface area contributed by atoms with Gasteiger partial charge in [0.15, 0.2) is 0 Å². The van der Waals surface area contributed by atoms with Crippen LogP contribution in [-0.4, -0.2) is 74.3 Å². The minimum atomic E-state index is -3.68. The minimum Gasteiger partial charge on any atom is -0.391 e. The first kappa shape index (κ1) is 33.3. The largest absolute Gasteiger partial charge is 0.391 e. The molecule has 0 bridgehead atoms. The number of hydrogen-bond donors (Lipinski definition) is 3. The summed E-state index contributed by atoms with van der Waals surface area (Å²) < 4.78 is 26.0. The number of aliphatic hydroxyl groups is 1. The van der Waals surface area contributed by atoms with E-state index in [0.717, 1.165) is 38.0 Å². The second kappa shape index (κ2) is 14.1. The monoisotopic (exact) mass is 661 g/mol. The summed E-state index contributed by atoms with van der Waals surface area (Å²) in [6.07, 6.45) is 1.54. The zero-order chi connectivity index (χ0) is 33.0. The molecular weight excluding hydrogens is 623 g/mol. The maximum absolute atomic E-state index is 13.9. The van der Waals surface area contributed by atoms with E-state index in [4.69, 9.17) is 0 Å². The summed E-state index contributed by atoms with van der Waals surface area (Å²) in [6, 6.07) is 21.5. The summed E-state index contributed by atoms with van der Waals surface area (Å²) in [5.74, 6) is -0.826. The molecule has 10 nitrogen and oxygen atoms in total. The van der Waals surface area contributed by atoms with Crippen molar-refractivity contribution in [3.8, 4) is 0 Å². The maximum atomic E-state index is 13.9. The minimum absolute atomic E-state index is 0.152. The Labute approximate surface area is 274 Å². The van der Waals surface area contributed by atoms with Gasteiger partial charge in [0.25, 0.3) is 11.8 Å². The normalized spacial score (nSPS) is 16.5. The molecule has 3 atom stereocenters. The van der Waals surface area contributed by atoms with Gasteiger partial charge in [0, 0.05) is 55.3 Å². The molecule has 46 heavy (non-hydrogen) atoms. The Hall–Kier alpha value is -4.10. The molecule has 0 fully saturated rings. The van der Waals surface area contributed by atoms with Crippen LogP contribution in [0.25, 0.3) is 0 Å². The van der Waals surface area contributed by atoms with Gasteiger partial charge in [-0.25, -0.2) is 13.4 Å². The van der Waals surface area contributed by atoms with Crippen molar-refractivity contribution < 1.29 is 23.1 Å². The van der Waals surface area contributed by atoms with Gasteiger partial charge in [-0.15, -0.1) is 11.3 Å². The van der Waals surface area contributed by atoms with Crippen molar-refractivity contribution in [1.29, 1.82) is 0 Å². The summed E-state index contributed by atoms with van der Waals surface area (Å²) in [6.45, 7) is 2.51. The van der Waals surface area contributed by atoms with Crippen LogP contribution >= 0.6 is 11.3 Å². The zero-order valence-corrected chi connectivity index (χ0v) is 27.9. The van der Waals surface area contributed by atoms with Crippen molar-refractivity contribution in [3.05, 3.63) is 117 Å². The van der Waals surface area contributed by atoms with Gasteiger partial charge < -0.3 is 20.6 Å². The van der Waals surface area contributed by atoms with Crippen LogP contribution in [0.15, 0.2) is 78.2 Å². The number of nitrogens with one attached hydrogen (secondary N) is 2. The molecule has 1 heterocycles. The fourth-order valence-corrected chi connectivity index (χ4v) is 6.95. The SMILES string of the molecule is Cc1csc(CN(C)C(=O)c2cc(C(=O)N[C@H](CN[C@@H]3c4ccccc4C[C@@H]3O)Cc3ccccc3)cc(N(C)S(C)(=O)=O)c2)n1. The summed E-state index contributed by atoms with van der Waals surface area (Å²) in [4.78, 5) is 33.4. The number of nitrogens with zero attached hydrogens (tertiary/aromatic N) is 3. The Morgan fingerprint density at radius 1 is 1.04 bits per heavy atom. The van der Waals surface area contributed by atoms with E-state index in [0.29, 0.717) is 19.4 Å². The third-order valence-corrected chi connectivity index (χ3v) is 10.3. The Bertz CT molecular complexity index is 1810. The molecule has 3 aromatic carbocycles. The molecule has 3 N–H and O–H groups in total. The molecule has 1 aromatic heterocycles. The van der Waals surface area contributed by atoms with Crippen LogP contribution in [0.4, 0.5) is 5.69 Å². The number of aromatic nitrogens is 1. The quantitative estimate of drug-likeness (QED) is 0.211. The molecule has 0 spiro atoms. The first-order valence-corrected chi connectivity index (χ1v) is 17.7. The smallest absolute Gasteiger partial charge is 0.254 e. The molecular formula is C34H39N5O5S2. The number of aryl methyl sites for hydroxylation is 1. The highest BCUT2D eigenvalue weighted by molar-refractivity contribution is 7.92. The van der Waals surface area contributed by atoms with Gasteiger partial charge in [0.2, 0.25) is 10.0 Å². The van der Waals surface area contributed by atoms with Gasteiger partial charge >= 0.3 is 0 Å². The van der Waals surface area contributed by atoms with Crippen molar-refractivity contribution >= 4 is 38.9 Å². The first-order chi connectivity index (χ1) is 21.9. The van der Waals surface area contributed by atoms with Crippen molar-refractivity contribution in [1.82, 2.24) is 20.5 Å². The fraction of sp³-hybridized carbons (Fsp3) is 0.324. The molecule has 1 aliphatic carbocycles. The number of carbonyl (C=O) groups is 2. The molecule has 12 heteroatoms. The van der Waals surface area contributed by atoms with Crippen LogP contribution in [0.3, 0.4) is 0 Å². The van der Waals surface area contributed by atoms with Crippen LogP contribution in [0.5, 0.6) is 0 Å². The Kier molecular flexibility index (Phi) is 10.2. The third kappa shape index (κ3) is 8.00. The Morgan fingerprint density at radius 3 is 2.43 bits per heavy atom. The molecule has 0 unspecified atom stereocenters. The number of sulfonamides is 1. The molecule has 242 valence electrons. The van der Waals surface area contributed by atoms with Crippen molar-refractivity contribution in [3.63, 3.8) is 0 Å². The first-order valence-electron chi connectivity index (χ1n) is 15.0. The van der Waals surface area contributed by atoms with Gasteiger partial charge in [-0.1, -0.05) is 54.6 Å². The van der Waals surface area contributed by atoms with Gasteiger partial charge in [0.05, 0.1) is 30.6 Å². The number of fused-ring (bicyclic) bond motifs is 1. The Balaban J connectivity index is 1.41. The van der Waals surface area contributed by atoms with Crippen LogP contribution < -0.4 is 14.9 Å². The van der Waals surface area contributed by atoms with E-state index in [-0.39, 0.29) is 41.3 Å². The van der Waals surface area contributed by atoms with Gasteiger partial charge in [-0.05, 0) is 48.2 Å². The highest BCUT2D eigenvalue weighted by Gasteiger charge is 2.31. The molecule has 1 aliphatic rings. The van der Waals surface area contributed by atoms with E-state index in [9.17, 15) is 23.1 Å². The number of amides is 2. The average Bonchev–Trinajstić information content (AvgIpc) is 3.59. The van der Waals surface area contributed by atoms with Crippen molar-refractivity contribution in [2.45, 2.75) is 44.5 Å². The molecule has 0 radical (unpaired) electrons. The van der Waals surface area contributed by atoms with Gasteiger partial charge in [-0.3, -0.25) is 13.9 Å². The molecule has 0 saturated heterocycles. The molecule has 2 amide bonds. The van der Waals surface area contributed by atoms with E-state index in [1.807, 2.05) is 66.9 Å². The van der Waals surface area contributed by atoms with Gasteiger partial charge in [-0.2, -0.15) is 0 Å². The molecule has 0 saturated carbocycles. The zero-order valence-electron chi connectivity index (χ0n) is 26.3. The number of benzene rings is 3. The number of thiazole rings is 1. The van der Waals surface area contributed by atoms with E-state index >= 15 is 0 Å². The summed E-state index contributed by atoms with van der Waals surface area (Å²) in [5.41, 5.74) is 4.54. The lowest BCUT2D eigenvalue weighted by molar-refractivity contribution is 0.0785. The predicted octanol–water partition coefficient (Wildman–Crippen LogP) is 3.71. The summed E-state index contributed by atoms with van der Waals surface area (Å²) >= 11 is 1.45. The van der Waals surface area contributed by atoms with Crippen LogP contribution in [0, 0.1) is 6.92 Å². The topological polar surface area (TPSA) is 132 Å². The predicted molar refractivity (Wildman–Crippen MR) is 181 cm³/mol. The highest BCUT2D eigenvalue weighted by atomic mass is 32.2.